The van der Waals surface area contributed by atoms with Crippen molar-refractivity contribution in [2.45, 2.75) is 45.1 Å². The largest absolute Gasteiger partial charge is 0.481 e. The van der Waals surface area contributed by atoms with Gasteiger partial charge in [0.2, 0.25) is 0 Å². The first-order valence-corrected chi connectivity index (χ1v) is 9.67. The molecule has 2 aromatic rings. The normalized spacial score (nSPS) is 15.2. The lowest BCUT2D eigenvalue weighted by Crippen LogP contribution is -2.43. The van der Waals surface area contributed by atoms with Crippen molar-refractivity contribution in [3.8, 4) is 0 Å². The maximum absolute atomic E-state index is 12.4. The van der Waals surface area contributed by atoms with Gasteiger partial charge in [-0.25, -0.2) is 4.98 Å². The average molecular weight is 367 g/mol. The second kappa shape index (κ2) is 6.68. The molecule has 1 aliphatic heterocycles. The SMILES string of the molecule is CC(C)(CCC(=O)O)NC(=O)c1cc2sc(N3CCCC3)nc2s1. The minimum absolute atomic E-state index is 0.0353. The molecule has 0 spiro atoms. The van der Waals surface area contributed by atoms with Gasteiger partial charge < -0.3 is 15.3 Å². The van der Waals surface area contributed by atoms with Gasteiger partial charge in [-0.1, -0.05) is 11.3 Å². The summed E-state index contributed by atoms with van der Waals surface area (Å²) >= 11 is 3.03. The molecule has 0 saturated carbocycles. The third-order valence-electron chi connectivity index (χ3n) is 4.09. The van der Waals surface area contributed by atoms with Crippen LogP contribution in [-0.4, -0.2) is 40.6 Å². The van der Waals surface area contributed by atoms with Crippen LogP contribution < -0.4 is 10.2 Å². The molecular weight excluding hydrogens is 346 g/mol. The van der Waals surface area contributed by atoms with E-state index in [1.165, 1.54) is 24.2 Å². The number of hydrogen-bond acceptors (Lipinski definition) is 6. The molecule has 0 aromatic carbocycles. The van der Waals surface area contributed by atoms with Crippen molar-refractivity contribution in [1.82, 2.24) is 10.3 Å². The van der Waals surface area contributed by atoms with Crippen LogP contribution in [0.15, 0.2) is 6.07 Å². The summed E-state index contributed by atoms with van der Waals surface area (Å²) in [5.41, 5.74) is -0.555. The first-order valence-electron chi connectivity index (χ1n) is 8.04. The van der Waals surface area contributed by atoms with E-state index in [1.54, 1.807) is 11.3 Å². The molecule has 1 amide bonds. The van der Waals surface area contributed by atoms with Crippen LogP contribution in [0.25, 0.3) is 9.53 Å². The Labute approximate surface area is 148 Å². The zero-order valence-electron chi connectivity index (χ0n) is 13.8. The number of thiazole rings is 1. The molecule has 1 fully saturated rings. The van der Waals surface area contributed by atoms with Gasteiger partial charge in [0.15, 0.2) is 5.13 Å². The van der Waals surface area contributed by atoms with E-state index >= 15 is 0 Å². The third kappa shape index (κ3) is 3.87. The predicted octanol–water partition coefficient (Wildman–Crippen LogP) is 3.33. The minimum atomic E-state index is -0.854. The number of aromatic nitrogens is 1. The summed E-state index contributed by atoms with van der Waals surface area (Å²) in [5, 5.41) is 12.8. The third-order valence-corrected chi connectivity index (χ3v) is 6.31. The number of carbonyl (C=O) groups is 2. The maximum Gasteiger partial charge on any atom is 0.303 e. The molecule has 3 heterocycles. The van der Waals surface area contributed by atoms with Gasteiger partial charge in [-0.3, -0.25) is 9.59 Å². The molecule has 8 heteroatoms. The number of carbonyl (C=O) groups excluding carboxylic acids is 1. The fraction of sp³-hybridized carbons (Fsp3) is 0.562. The van der Waals surface area contributed by atoms with E-state index in [0.29, 0.717) is 11.3 Å². The van der Waals surface area contributed by atoms with Gasteiger partial charge in [0.25, 0.3) is 5.91 Å². The van der Waals surface area contributed by atoms with Gasteiger partial charge in [-0.2, -0.15) is 0 Å². The van der Waals surface area contributed by atoms with Crippen molar-refractivity contribution < 1.29 is 14.7 Å². The number of aliphatic carboxylic acids is 1. The fourth-order valence-electron chi connectivity index (χ4n) is 2.73. The Morgan fingerprint density at radius 3 is 2.67 bits per heavy atom. The van der Waals surface area contributed by atoms with Crippen molar-refractivity contribution >= 4 is 49.2 Å². The van der Waals surface area contributed by atoms with Gasteiger partial charge in [0, 0.05) is 25.0 Å². The minimum Gasteiger partial charge on any atom is -0.481 e. The highest BCUT2D eigenvalue weighted by atomic mass is 32.1. The molecule has 0 unspecified atom stereocenters. The molecule has 0 atom stereocenters. The Morgan fingerprint density at radius 1 is 1.33 bits per heavy atom. The van der Waals surface area contributed by atoms with Crippen LogP contribution in [0.1, 0.15) is 49.2 Å². The molecule has 2 aromatic heterocycles. The van der Waals surface area contributed by atoms with Gasteiger partial charge in [-0.15, -0.1) is 11.3 Å². The van der Waals surface area contributed by atoms with Gasteiger partial charge >= 0.3 is 5.97 Å². The van der Waals surface area contributed by atoms with E-state index in [2.05, 4.69) is 15.2 Å². The smallest absolute Gasteiger partial charge is 0.303 e. The second-order valence-electron chi connectivity index (χ2n) is 6.70. The number of nitrogens with zero attached hydrogens (tertiary/aromatic N) is 2. The first kappa shape index (κ1) is 17.2. The molecule has 24 heavy (non-hydrogen) atoms. The Morgan fingerprint density at radius 2 is 2.04 bits per heavy atom. The summed E-state index contributed by atoms with van der Waals surface area (Å²) in [6, 6.07) is 1.89. The highest BCUT2D eigenvalue weighted by Gasteiger charge is 2.24. The molecule has 1 saturated heterocycles. The molecular formula is C16H21N3O3S2. The standard InChI is InChI=1S/C16H21N3O3S2/c1-16(2,6-5-12(20)21)18-13(22)10-9-11-14(23-10)17-15(24-11)19-7-3-4-8-19/h9H,3-8H2,1-2H3,(H,18,22)(H,20,21). The Bertz CT molecular complexity index is 728. The summed E-state index contributed by atoms with van der Waals surface area (Å²) in [7, 11) is 0. The van der Waals surface area contributed by atoms with Crippen molar-refractivity contribution in [2.24, 2.45) is 0 Å². The van der Waals surface area contributed by atoms with Crippen molar-refractivity contribution in [3.05, 3.63) is 10.9 Å². The quantitative estimate of drug-likeness (QED) is 0.818. The van der Waals surface area contributed by atoms with Crippen LogP contribution >= 0.6 is 22.7 Å². The zero-order valence-corrected chi connectivity index (χ0v) is 15.4. The highest BCUT2D eigenvalue weighted by molar-refractivity contribution is 7.29. The monoisotopic (exact) mass is 367 g/mol. The van der Waals surface area contributed by atoms with Gasteiger partial charge in [-0.05, 0) is 39.2 Å². The topological polar surface area (TPSA) is 82.5 Å². The number of fused-ring (bicyclic) bond motifs is 1. The summed E-state index contributed by atoms with van der Waals surface area (Å²) in [5.74, 6) is -1.02. The molecule has 0 bridgehead atoms. The number of carboxylic acids is 1. The predicted molar refractivity (Wildman–Crippen MR) is 97.4 cm³/mol. The lowest BCUT2D eigenvalue weighted by Gasteiger charge is -2.25. The van der Waals surface area contributed by atoms with Gasteiger partial charge in [0.05, 0.1) is 9.58 Å². The molecule has 6 nitrogen and oxygen atoms in total. The second-order valence-corrected chi connectivity index (χ2v) is 8.74. The first-order chi connectivity index (χ1) is 11.3. The summed E-state index contributed by atoms with van der Waals surface area (Å²) in [4.78, 5) is 31.6. The van der Waals surface area contributed by atoms with Gasteiger partial charge in [0.1, 0.15) is 4.83 Å². The van der Waals surface area contributed by atoms with Crippen molar-refractivity contribution in [3.63, 3.8) is 0 Å². The molecule has 130 valence electrons. The van der Waals surface area contributed by atoms with E-state index < -0.39 is 11.5 Å². The summed E-state index contributed by atoms with van der Waals surface area (Å²) in [6.45, 7) is 5.80. The van der Waals surface area contributed by atoms with Crippen LogP contribution in [0.5, 0.6) is 0 Å². The zero-order chi connectivity index (χ0) is 17.3. The Kier molecular flexibility index (Phi) is 4.78. The molecule has 1 aliphatic rings. The van der Waals surface area contributed by atoms with Crippen LogP contribution in [0.4, 0.5) is 5.13 Å². The number of amides is 1. The number of anilines is 1. The van der Waals surface area contributed by atoms with Crippen LogP contribution in [0, 0.1) is 0 Å². The fourth-order valence-corrected chi connectivity index (χ4v) is 4.89. The van der Waals surface area contributed by atoms with E-state index in [0.717, 1.165) is 27.8 Å². The lowest BCUT2D eigenvalue weighted by atomic mass is 9.98. The van der Waals surface area contributed by atoms with Crippen LogP contribution in [0.3, 0.4) is 0 Å². The van der Waals surface area contributed by atoms with Crippen molar-refractivity contribution in [2.75, 3.05) is 18.0 Å². The van der Waals surface area contributed by atoms with E-state index in [9.17, 15) is 9.59 Å². The number of carboxylic acid groups (broad SMARTS) is 1. The number of rotatable bonds is 6. The molecule has 3 rings (SSSR count). The number of hydrogen-bond donors (Lipinski definition) is 2. The van der Waals surface area contributed by atoms with Crippen molar-refractivity contribution in [1.29, 1.82) is 0 Å². The van der Waals surface area contributed by atoms with E-state index in [-0.39, 0.29) is 12.3 Å². The lowest BCUT2D eigenvalue weighted by molar-refractivity contribution is -0.137. The Hall–Kier alpha value is -1.67. The molecule has 2 N–H and O–H groups in total. The Balaban J connectivity index is 1.68. The van der Waals surface area contributed by atoms with Crippen LogP contribution in [-0.2, 0) is 4.79 Å². The molecule has 0 aliphatic carbocycles. The van der Waals surface area contributed by atoms with E-state index in [4.69, 9.17) is 5.11 Å². The van der Waals surface area contributed by atoms with E-state index in [1.807, 2.05) is 19.9 Å². The van der Waals surface area contributed by atoms with Crippen LogP contribution in [0.2, 0.25) is 0 Å². The molecule has 0 radical (unpaired) electrons. The number of thiophene rings is 1. The average Bonchev–Trinajstić information content (AvgIpc) is 3.19. The summed E-state index contributed by atoms with van der Waals surface area (Å²) < 4.78 is 1.04. The highest BCUT2D eigenvalue weighted by Crippen LogP contribution is 2.35. The summed E-state index contributed by atoms with van der Waals surface area (Å²) in [6.07, 6.45) is 2.86. The maximum atomic E-state index is 12.4. The number of nitrogens with one attached hydrogen (secondary N) is 1.